The minimum Gasteiger partial charge on any atom is -0.508 e. The van der Waals surface area contributed by atoms with Crippen molar-refractivity contribution in [2.45, 2.75) is 13.0 Å². The van der Waals surface area contributed by atoms with Gasteiger partial charge in [0.25, 0.3) is 0 Å². The van der Waals surface area contributed by atoms with Gasteiger partial charge in [-0.3, -0.25) is 4.79 Å². The Hall–Kier alpha value is -1.06. The second kappa shape index (κ2) is 3.77. The van der Waals surface area contributed by atoms with Crippen LogP contribution in [0.3, 0.4) is 0 Å². The topological polar surface area (TPSA) is 63.3 Å². The van der Waals surface area contributed by atoms with Crippen molar-refractivity contribution in [3.05, 3.63) is 28.8 Å². The highest BCUT2D eigenvalue weighted by Crippen LogP contribution is 2.22. The molecule has 70 valence electrons. The standard InChI is InChI=1S/C9H10ClNO2/c1-5(11)9(13)7-3-2-6(12)4-8(7)10/h2-5,12H,11H2,1H3. The largest absolute Gasteiger partial charge is 0.508 e. The zero-order valence-corrected chi connectivity index (χ0v) is 7.88. The SMILES string of the molecule is CC(N)C(=O)c1ccc(O)cc1Cl. The molecule has 0 aliphatic heterocycles. The number of hydrogen-bond donors (Lipinski definition) is 2. The van der Waals surface area contributed by atoms with Crippen molar-refractivity contribution in [1.29, 1.82) is 0 Å². The molecule has 1 rings (SSSR count). The van der Waals surface area contributed by atoms with Crippen LogP contribution in [-0.2, 0) is 0 Å². The molecule has 0 aromatic heterocycles. The second-order valence-corrected chi connectivity index (χ2v) is 3.22. The molecule has 0 radical (unpaired) electrons. The number of rotatable bonds is 2. The van der Waals surface area contributed by atoms with Gasteiger partial charge in [0.05, 0.1) is 11.1 Å². The van der Waals surface area contributed by atoms with Crippen molar-refractivity contribution in [2.75, 3.05) is 0 Å². The molecule has 0 aliphatic rings. The third-order valence-corrected chi connectivity index (χ3v) is 1.94. The van der Waals surface area contributed by atoms with E-state index in [9.17, 15) is 4.79 Å². The predicted octanol–water partition coefficient (Wildman–Crippen LogP) is 1.58. The molecule has 0 bridgehead atoms. The van der Waals surface area contributed by atoms with Crippen molar-refractivity contribution in [1.82, 2.24) is 0 Å². The van der Waals surface area contributed by atoms with E-state index >= 15 is 0 Å². The van der Waals surface area contributed by atoms with E-state index in [0.29, 0.717) is 5.56 Å². The van der Waals surface area contributed by atoms with Crippen LogP contribution in [0.2, 0.25) is 5.02 Å². The first-order valence-corrected chi connectivity index (χ1v) is 4.18. The molecule has 13 heavy (non-hydrogen) atoms. The summed E-state index contributed by atoms with van der Waals surface area (Å²) in [4.78, 5) is 11.4. The minimum absolute atomic E-state index is 0.0335. The predicted molar refractivity (Wildman–Crippen MR) is 51.1 cm³/mol. The molecule has 4 heteroatoms. The number of benzene rings is 1. The van der Waals surface area contributed by atoms with Crippen LogP contribution < -0.4 is 5.73 Å². The summed E-state index contributed by atoms with van der Waals surface area (Å²) in [6, 6.07) is 3.60. The average Bonchev–Trinajstić information content (AvgIpc) is 2.03. The van der Waals surface area contributed by atoms with Gasteiger partial charge in [0.15, 0.2) is 5.78 Å². The molecule has 0 saturated heterocycles. The Morgan fingerprint density at radius 2 is 2.23 bits per heavy atom. The lowest BCUT2D eigenvalue weighted by Crippen LogP contribution is -2.26. The molecule has 3 N–H and O–H groups in total. The van der Waals surface area contributed by atoms with E-state index in [0.717, 1.165) is 0 Å². The summed E-state index contributed by atoms with van der Waals surface area (Å²) in [6.45, 7) is 1.59. The lowest BCUT2D eigenvalue weighted by Gasteiger charge is -2.06. The van der Waals surface area contributed by atoms with Crippen molar-refractivity contribution in [2.24, 2.45) is 5.73 Å². The molecule has 0 aliphatic carbocycles. The fraction of sp³-hybridized carbons (Fsp3) is 0.222. The lowest BCUT2D eigenvalue weighted by molar-refractivity contribution is 0.0968. The summed E-state index contributed by atoms with van der Waals surface area (Å²) in [6.07, 6.45) is 0. The van der Waals surface area contributed by atoms with E-state index in [4.69, 9.17) is 22.4 Å². The van der Waals surface area contributed by atoms with Crippen molar-refractivity contribution < 1.29 is 9.90 Å². The van der Waals surface area contributed by atoms with Gasteiger partial charge in [-0.1, -0.05) is 11.6 Å². The Morgan fingerprint density at radius 1 is 1.62 bits per heavy atom. The van der Waals surface area contributed by atoms with Crippen LogP contribution in [0.4, 0.5) is 0 Å². The minimum atomic E-state index is -0.581. The first-order valence-electron chi connectivity index (χ1n) is 3.80. The fourth-order valence-electron chi connectivity index (χ4n) is 0.949. The molecule has 0 amide bonds. The van der Waals surface area contributed by atoms with Gasteiger partial charge in [-0.05, 0) is 25.1 Å². The smallest absolute Gasteiger partial charge is 0.180 e. The molecular formula is C9H10ClNO2. The van der Waals surface area contributed by atoms with Crippen LogP contribution in [0.15, 0.2) is 18.2 Å². The number of carbonyl (C=O) groups excluding carboxylic acids is 1. The Labute approximate surface area is 81.1 Å². The lowest BCUT2D eigenvalue weighted by atomic mass is 10.1. The van der Waals surface area contributed by atoms with Crippen LogP contribution in [0, 0.1) is 0 Å². The Morgan fingerprint density at radius 3 is 2.69 bits per heavy atom. The van der Waals surface area contributed by atoms with Gasteiger partial charge in [0.1, 0.15) is 5.75 Å². The maximum Gasteiger partial charge on any atom is 0.180 e. The number of ketones is 1. The van der Waals surface area contributed by atoms with E-state index in [1.54, 1.807) is 6.92 Å². The zero-order valence-electron chi connectivity index (χ0n) is 7.12. The van der Waals surface area contributed by atoms with Crippen molar-refractivity contribution in [3.63, 3.8) is 0 Å². The normalized spacial score (nSPS) is 12.5. The molecule has 1 aromatic carbocycles. The number of hydrogen-bond acceptors (Lipinski definition) is 3. The van der Waals surface area contributed by atoms with E-state index in [-0.39, 0.29) is 16.6 Å². The van der Waals surface area contributed by atoms with Gasteiger partial charge in [0.2, 0.25) is 0 Å². The fourth-order valence-corrected chi connectivity index (χ4v) is 1.22. The molecule has 1 atom stereocenters. The highest BCUT2D eigenvalue weighted by molar-refractivity contribution is 6.34. The number of aromatic hydroxyl groups is 1. The third-order valence-electron chi connectivity index (χ3n) is 1.63. The summed E-state index contributed by atoms with van der Waals surface area (Å²) in [5.74, 6) is -0.198. The van der Waals surface area contributed by atoms with Crippen LogP contribution in [0.1, 0.15) is 17.3 Å². The molecule has 0 saturated carbocycles. The monoisotopic (exact) mass is 199 g/mol. The maximum absolute atomic E-state index is 11.4. The van der Waals surface area contributed by atoms with Gasteiger partial charge in [-0.25, -0.2) is 0 Å². The number of Topliss-reactive ketones (excluding diaryl/α,β-unsaturated/α-hetero) is 1. The molecule has 0 fully saturated rings. The van der Waals surface area contributed by atoms with Crippen LogP contribution in [-0.4, -0.2) is 16.9 Å². The molecule has 0 spiro atoms. The first-order chi connectivity index (χ1) is 6.02. The highest BCUT2D eigenvalue weighted by atomic mass is 35.5. The van der Waals surface area contributed by atoms with Crippen LogP contribution in [0.5, 0.6) is 5.75 Å². The van der Waals surface area contributed by atoms with Crippen LogP contribution in [0.25, 0.3) is 0 Å². The quantitative estimate of drug-likeness (QED) is 0.711. The number of phenols is 1. The van der Waals surface area contributed by atoms with Gasteiger partial charge in [-0.2, -0.15) is 0 Å². The van der Waals surface area contributed by atoms with E-state index in [1.807, 2.05) is 0 Å². The first kappa shape index (κ1) is 10.0. The number of nitrogens with two attached hydrogens (primary N) is 1. The summed E-state index contributed by atoms with van der Waals surface area (Å²) >= 11 is 5.73. The second-order valence-electron chi connectivity index (χ2n) is 2.82. The Bertz CT molecular complexity index is 336. The van der Waals surface area contributed by atoms with Crippen molar-refractivity contribution in [3.8, 4) is 5.75 Å². The molecule has 1 unspecified atom stereocenters. The molecule has 1 aromatic rings. The molecular weight excluding hydrogens is 190 g/mol. The number of halogens is 1. The number of phenolic OH excluding ortho intramolecular Hbond substituents is 1. The summed E-state index contributed by atoms with van der Waals surface area (Å²) in [7, 11) is 0. The summed E-state index contributed by atoms with van der Waals surface area (Å²) in [5.41, 5.74) is 5.75. The Balaban J connectivity index is 3.09. The van der Waals surface area contributed by atoms with Gasteiger partial charge < -0.3 is 10.8 Å². The van der Waals surface area contributed by atoms with Crippen LogP contribution >= 0.6 is 11.6 Å². The van der Waals surface area contributed by atoms with E-state index in [2.05, 4.69) is 0 Å². The third kappa shape index (κ3) is 2.20. The summed E-state index contributed by atoms with van der Waals surface area (Å²) in [5, 5.41) is 9.26. The number of carbonyl (C=O) groups is 1. The molecule has 0 heterocycles. The summed E-state index contributed by atoms with van der Waals surface area (Å²) < 4.78 is 0. The van der Waals surface area contributed by atoms with Gasteiger partial charge in [-0.15, -0.1) is 0 Å². The highest BCUT2D eigenvalue weighted by Gasteiger charge is 2.14. The zero-order chi connectivity index (χ0) is 10.0. The maximum atomic E-state index is 11.4. The average molecular weight is 200 g/mol. The van der Waals surface area contributed by atoms with Gasteiger partial charge >= 0.3 is 0 Å². The van der Waals surface area contributed by atoms with Gasteiger partial charge in [0, 0.05) is 5.56 Å². The van der Waals surface area contributed by atoms with Crippen molar-refractivity contribution >= 4 is 17.4 Å². The molecule has 3 nitrogen and oxygen atoms in total. The Kier molecular flexibility index (Phi) is 2.90. The van der Waals surface area contributed by atoms with E-state index in [1.165, 1.54) is 18.2 Å². The van der Waals surface area contributed by atoms with E-state index < -0.39 is 6.04 Å².